The average Bonchev–Trinajstić information content (AvgIpc) is 1.84. The minimum Gasteiger partial charge on any atom is -0.547 e. The summed E-state index contributed by atoms with van der Waals surface area (Å²) in [5.41, 5.74) is 0. The van der Waals surface area contributed by atoms with E-state index in [1.165, 1.54) is 0 Å². The summed E-state index contributed by atoms with van der Waals surface area (Å²) in [7, 11) is 0. The largest absolute Gasteiger partial charge is 0.547 e. The number of rotatable bonds is 3. The molecule has 0 aromatic carbocycles. The summed E-state index contributed by atoms with van der Waals surface area (Å²) >= 11 is 0. The van der Waals surface area contributed by atoms with Gasteiger partial charge >= 0.3 is 0 Å². The summed E-state index contributed by atoms with van der Waals surface area (Å²) in [6.45, 7) is 0. The van der Waals surface area contributed by atoms with Crippen LogP contribution < -0.4 is 10.2 Å². The van der Waals surface area contributed by atoms with Gasteiger partial charge < -0.3 is 46.4 Å². The predicted molar refractivity (Wildman–Crippen MR) is 32.9 cm³/mol. The number of carboxylic acid groups (broad SMARTS) is 2. The smallest absolute Gasteiger partial charge is 0.124 e. The fraction of sp³-hybridized carbons (Fsp3) is 0.500. The molecule has 0 aromatic rings. The lowest BCUT2D eigenvalue weighted by molar-refractivity contribution is -0.333. The van der Waals surface area contributed by atoms with Crippen LogP contribution in [0.5, 0.6) is 0 Å². The molecule has 0 rings (SSSR count). The maximum Gasteiger partial charge on any atom is 0.124 e. The topological polar surface area (TPSA) is 215 Å². The van der Waals surface area contributed by atoms with Gasteiger partial charge in [-0.3, -0.25) is 0 Å². The van der Waals surface area contributed by atoms with Gasteiger partial charge in [-0.1, -0.05) is 0 Å². The van der Waals surface area contributed by atoms with Crippen molar-refractivity contribution in [2.45, 2.75) is 12.2 Å². The van der Waals surface area contributed by atoms with E-state index in [2.05, 4.69) is 0 Å². The minimum absolute atomic E-state index is 0. The third kappa shape index (κ3) is 7.11. The highest BCUT2D eigenvalue weighted by Crippen LogP contribution is 1.88. The molecule has 13 heavy (non-hydrogen) atoms. The lowest BCUT2D eigenvalue weighted by Crippen LogP contribution is -2.51. The summed E-state index contributed by atoms with van der Waals surface area (Å²) < 4.78 is 0. The summed E-state index contributed by atoms with van der Waals surface area (Å²) in [5.74, 6) is -4.12. The van der Waals surface area contributed by atoms with Crippen molar-refractivity contribution in [3.05, 3.63) is 0 Å². The lowest BCUT2D eigenvalue weighted by Gasteiger charge is -2.18. The Morgan fingerprint density at radius 1 is 0.846 bits per heavy atom. The summed E-state index contributed by atoms with van der Waals surface area (Å²) in [4.78, 5) is 19.3. The van der Waals surface area contributed by atoms with Crippen molar-refractivity contribution in [3.63, 3.8) is 0 Å². The van der Waals surface area contributed by atoms with Gasteiger partial charge in [0.1, 0.15) is 12.2 Å². The van der Waals surface area contributed by atoms with E-state index in [9.17, 15) is 19.8 Å². The first kappa shape index (κ1) is 22.6. The third-order valence-corrected chi connectivity index (χ3v) is 0.782. The van der Waals surface area contributed by atoms with Crippen LogP contribution in [-0.4, -0.2) is 50.8 Å². The van der Waals surface area contributed by atoms with E-state index in [4.69, 9.17) is 10.2 Å². The fourth-order valence-electron chi connectivity index (χ4n) is 0.258. The molecule has 9 nitrogen and oxygen atoms in total. The standard InChI is InChI=1S/C4H6O6.3H2O/c5-1(3(7)8)2(6)4(9)10;;;/h1-2,5-6H,(H,7,8)(H,9,10);3*1H2/p-2. The third-order valence-electron chi connectivity index (χ3n) is 0.782. The van der Waals surface area contributed by atoms with E-state index in [0.29, 0.717) is 0 Å². The van der Waals surface area contributed by atoms with E-state index in [-0.39, 0.29) is 16.4 Å². The molecule has 0 fully saturated rings. The van der Waals surface area contributed by atoms with Crippen LogP contribution in [0, 0.1) is 0 Å². The second-order valence-corrected chi connectivity index (χ2v) is 1.53. The molecule has 0 spiro atoms. The van der Waals surface area contributed by atoms with Crippen LogP contribution in [0.2, 0.25) is 0 Å². The summed E-state index contributed by atoms with van der Waals surface area (Å²) in [6, 6.07) is 0. The SMILES string of the molecule is O.O.O.O=C([O-])C(O)C(O)C(=O)[O-]. The maximum atomic E-state index is 9.63. The zero-order valence-corrected chi connectivity index (χ0v) is 6.18. The van der Waals surface area contributed by atoms with Crippen LogP contribution in [0.4, 0.5) is 0 Å². The molecule has 0 aromatic heterocycles. The van der Waals surface area contributed by atoms with Crippen LogP contribution in [-0.2, 0) is 9.59 Å². The summed E-state index contributed by atoms with van der Waals surface area (Å²) in [5, 5.41) is 35.7. The van der Waals surface area contributed by atoms with Gasteiger partial charge in [-0.2, -0.15) is 0 Å². The predicted octanol–water partition coefficient (Wildman–Crippen LogP) is -7.27. The molecular formula is C4H10O9-2. The first-order valence-electron chi connectivity index (χ1n) is 2.24. The van der Waals surface area contributed by atoms with Crippen molar-refractivity contribution in [2.75, 3.05) is 0 Å². The Morgan fingerprint density at radius 2 is 1.00 bits per heavy atom. The molecule has 0 radical (unpaired) electrons. The monoisotopic (exact) mass is 202 g/mol. The number of aliphatic hydroxyl groups excluding tert-OH is 2. The van der Waals surface area contributed by atoms with E-state index in [0.717, 1.165) is 0 Å². The van der Waals surface area contributed by atoms with E-state index in [1.54, 1.807) is 0 Å². The second-order valence-electron chi connectivity index (χ2n) is 1.53. The minimum atomic E-state index is -2.44. The van der Waals surface area contributed by atoms with Crippen LogP contribution in [0.15, 0.2) is 0 Å². The number of carboxylic acids is 2. The zero-order valence-electron chi connectivity index (χ0n) is 6.18. The Hall–Kier alpha value is -1.26. The molecule has 9 heteroatoms. The van der Waals surface area contributed by atoms with Crippen molar-refractivity contribution in [3.8, 4) is 0 Å². The zero-order chi connectivity index (χ0) is 8.31. The van der Waals surface area contributed by atoms with Gasteiger partial charge in [-0.25, -0.2) is 0 Å². The highest BCUT2D eigenvalue weighted by molar-refractivity contribution is 5.80. The number of hydrogen-bond donors (Lipinski definition) is 2. The molecule has 0 aliphatic rings. The number of carbonyl (C=O) groups excluding carboxylic acids is 2. The van der Waals surface area contributed by atoms with Gasteiger partial charge in [-0.15, -0.1) is 0 Å². The van der Waals surface area contributed by atoms with Crippen LogP contribution in [0.3, 0.4) is 0 Å². The normalized spacial score (nSPS) is 12.2. The fourth-order valence-corrected chi connectivity index (χ4v) is 0.258. The molecule has 8 N–H and O–H groups in total. The Balaban J connectivity index is -0.000000135. The lowest BCUT2D eigenvalue weighted by atomic mass is 10.2. The van der Waals surface area contributed by atoms with Crippen LogP contribution in [0.25, 0.3) is 0 Å². The quantitative estimate of drug-likeness (QED) is 0.452. The van der Waals surface area contributed by atoms with Gasteiger partial charge in [0.15, 0.2) is 0 Å². The van der Waals surface area contributed by atoms with Crippen molar-refractivity contribution < 1.29 is 46.4 Å². The molecule has 0 saturated carbocycles. The number of aliphatic carboxylic acids is 2. The molecule has 0 aliphatic carbocycles. The first-order valence-corrected chi connectivity index (χ1v) is 2.24. The van der Waals surface area contributed by atoms with Crippen molar-refractivity contribution in [1.29, 1.82) is 0 Å². The van der Waals surface area contributed by atoms with Crippen LogP contribution in [0.1, 0.15) is 0 Å². The second kappa shape index (κ2) is 8.83. The van der Waals surface area contributed by atoms with E-state index >= 15 is 0 Å². The van der Waals surface area contributed by atoms with E-state index in [1.807, 2.05) is 0 Å². The maximum absolute atomic E-state index is 9.63. The molecule has 2 unspecified atom stereocenters. The Labute approximate surface area is 71.8 Å². The van der Waals surface area contributed by atoms with Crippen molar-refractivity contribution in [1.82, 2.24) is 0 Å². The van der Waals surface area contributed by atoms with Gasteiger partial charge in [-0.05, 0) is 0 Å². The van der Waals surface area contributed by atoms with E-state index < -0.39 is 24.1 Å². The van der Waals surface area contributed by atoms with Crippen molar-refractivity contribution in [2.24, 2.45) is 0 Å². The molecule has 0 amide bonds. The molecule has 0 bridgehead atoms. The van der Waals surface area contributed by atoms with Gasteiger partial charge in [0.25, 0.3) is 0 Å². The first-order chi connectivity index (χ1) is 4.46. The molecule has 2 atom stereocenters. The Kier molecular flexibility index (Phi) is 15.4. The Bertz CT molecular complexity index is 136. The summed E-state index contributed by atoms with van der Waals surface area (Å²) in [6.07, 6.45) is -4.88. The molecular weight excluding hydrogens is 192 g/mol. The molecule has 82 valence electrons. The van der Waals surface area contributed by atoms with Gasteiger partial charge in [0.2, 0.25) is 0 Å². The highest BCUT2D eigenvalue weighted by atomic mass is 16.4. The number of hydrogen-bond acceptors (Lipinski definition) is 6. The number of aliphatic hydroxyl groups is 2. The van der Waals surface area contributed by atoms with Gasteiger partial charge in [0.05, 0.1) is 11.9 Å². The van der Waals surface area contributed by atoms with Crippen molar-refractivity contribution >= 4 is 11.9 Å². The Morgan fingerprint density at radius 3 is 1.08 bits per heavy atom. The molecule has 0 saturated heterocycles. The molecule has 0 heterocycles. The average molecular weight is 202 g/mol. The molecule has 0 aliphatic heterocycles. The van der Waals surface area contributed by atoms with Crippen LogP contribution >= 0.6 is 0 Å². The van der Waals surface area contributed by atoms with Gasteiger partial charge in [0, 0.05) is 0 Å². The highest BCUT2D eigenvalue weighted by Gasteiger charge is 2.17. The number of carbonyl (C=O) groups is 2.